The van der Waals surface area contributed by atoms with Gasteiger partial charge < -0.3 is 10.0 Å². The molecule has 0 bridgehead atoms. The molecule has 13 heavy (non-hydrogen) atoms. The third-order valence-corrected chi connectivity index (χ3v) is 1.52. The molecule has 0 saturated carbocycles. The number of H-pyrrole nitrogens is 1. The van der Waals surface area contributed by atoms with Gasteiger partial charge in [-0.25, -0.2) is 0 Å². The molecule has 0 unspecified atom stereocenters. The number of aromatic nitrogens is 2. The lowest BCUT2D eigenvalue weighted by Gasteiger charge is -2.07. The lowest BCUT2D eigenvalue weighted by molar-refractivity contribution is -0.137. The van der Waals surface area contributed by atoms with Gasteiger partial charge >= 0.3 is 13.3 Å². The van der Waals surface area contributed by atoms with E-state index < -0.39 is 24.5 Å². The van der Waals surface area contributed by atoms with Crippen LogP contribution in [-0.2, 0) is 6.18 Å². The summed E-state index contributed by atoms with van der Waals surface area (Å²) in [6.07, 6.45) is -4.63. The molecule has 1 aromatic rings. The van der Waals surface area contributed by atoms with Gasteiger partial charge in [0.05, 0.1) is 16.9 Å². The Hall–Kier alpha value is -1.02. The van der Waals surface area contributed by atoms with Gasteiger partial charge in [-0.3, -0.25) is 5.10 Å². The van der Waals surface area contributed by atoms with E-state index in [2.05, 4.69) is 5.10 Å². The van der Waals surface area contributed by atoms with Gasteiger partial charge in [0, 0.05) is 0 Å². The lowest BCUT2D eigenvalue weighted by atomic mass is 9.82. The number of nitrogens with one attached hydrogen (secondary N) is 1. The Morgan fingerprint density at radius 3 is 2.23 bits per heavy atom. The van der Waals surface area contributed by atoms with Crippen molar-refractivity contribution in [1.29, 1.82) is 0 Å². The van der Waals surface area contributed by atoms with Crippen LogP contribution in [0.4, 0.5) is 13.2 Å². The van der Waals surface area contributed by atoms with Gasteiger partial charge in [0.15, 0.2) is 0 Å². The summed E-state index contributed by atoms with van der Waals surface area (Å²) in [6, 6.07) is 0. The second-order valence-electron chi connectivity index (χ2n) is 2.47. The maximum absolute atomic E-state index is 12.2. The number of hydrogen-bond donors (Lipinski definition) is 3. The van der Waals surface area contributed by atoms with Crippen LogP contribution in [0.1, 0.15) is 11.3 Å². The van der Waals surface area contributed by atoms with Crippen molar-refractivity contribution in [2.24, 2.45) is 0 Å². The average molecular weight is 194 g/mol. The number of aryl methyl sites for hydroxylation is 1. The van der Waals surface area contributed by atoms with Crippen molar-refractivity contribution in [1.82, 2.24) is 10.2 Å². The molecule has 0 aliphatic heterocycles. The predicted octanol–water partition coefficient (Wildman–Crippen LogP) is -0.583. The highest BCUT2D eigenvalue weighted by molar-refractivity contribution is 6.58. The van der Waals surface area contributed by atoms with Crippen LogP contribution in [0, 0.1) is 6.92 Å². The molecule has 0 radical (unpaired) electrons. The van der Waals surface area contributed by atoms with Crippen LogP contribution in [-0.4, -0.2) is 27.4 Å². The SMILES string of the molecule is Cc1n[nH]c(B(O)O)c1C(F)(F)F. The van der Waals surface area contributed by atoms with Gasteiger partial charge in [-0.15, -0.1) is 0 Å². The number of halogens is 3. The Morgan fingerprint density at radius 1 is 1.38 bits per heavy atom. The van der Waals surface area contributed by atoms with E-state index in [1.54, 1.807) is 0 Å². The summed E-state index contributed by atoms with van der Waals surface area (Å²) in [5, 5.41) is 22.3. The van der Waals surface area contributed by atoms with Crippen molar-refractivity contribution in [3.05, 3.63) is 11.3 Å². The minimum Gasteiger partial charge on any atom is -0.422 e. The molecule has 1 heterocycles. The smallest absolute Gasteiger partial charge is 0.422 e. The molecule has 4 nitrogen and oxygen atoms in total. The van der Waals surface area contributed by atoms with Crippen molar-refractivity contribution in [2.45, 2.75) is 13.1 Å². The monoisotopic (exact) mass is 194 g/mol. The molecule has 0 amide bonds. The van der Waals surface area contributed by atoms with E-state index in [0.717, 1.165) is 6.92 Å². The zero-order valence-electron chi connectivity index (χ0n) is 6.55. The Balaban J connectivity index is 3.25. The van der Waals surface area contributed by atoms with Crippen molar-refractivity contribution in [3.8, 4) is 0 Å². The van der Waals surface area contributed by atoms with Gasteiger partial charge in [-0.1, -0.05) is 0 Å². The molecule has 0 aromatic carbocycles. The molecule has 1 aromatic heterocycles. The summed E-state index contributed by atoms with van der Waals surface area (Å²) in [5.41, 5.74) is -2.16. The van der Waals surface area contributed by atoms with Crippen LogP contribution in [0.2, 0.25) is 0 Å². The summed E-state index contributed by atoms with van der Waals surface area (Å²) in [5.74, 6) is 0. The highest BCUT2D eigenvalue weighted by atomic mass is 19.4. The molecule has 72 valence electrons. The van der Waals surface area contributed by atoms with E-state index in [1.165, 1.54) is 0 Å². The quantitative estimate of drug-likeness (QED) is 0.523. The molecule has 3 N–H and O–H groups in total. The van der Waals surface area contributed by atoms with E-state index in [4.69, 9.17) is 10.0 Å². The molecule has 0 saturated heterocycles. The lowest BCUT2D eigenvalue weighted by Crippen LogP contribution is -2.36. The van der Waals surface area contributed by atoms with Crippen molar-refractivity contribution in [2.75, 3.05) is 0 Å². The third kappa shape index (κ3) is 1.83. The van der Waals surface area contributed by atoms with Crippen LogP contribution in [0.3, 0.4) is 0 Å². The summed E-state index contributed by atoms with van der Waals surface area (Å²) < 4.78 is 36.7. The number of aromatic amines is 1. The van der Waals surface area contributed by atoms with Gasteiger partial charge in [-0.2, -0.15) is 18.3 Å². The highest BCUT2D eigenvalue weighted by Crippen LogP contribution is 2.29. The zero-order chi connectivity index (χ0) is 10.2. The molecule has 0 spiro atoms. The maximum atomic E-state index is 12.2. The van der Waals surface area contributed by atoms with Crippen molar-refractivity contribution in [3.63, 3.8) is 0 Å². The Labute approximate surface area is 71.5 Å². The van der Waals surface area contributed by atoms with E-state index in [1.807, 2.05) is 5.10 Å². The number of rotatable bonds is 1. The molecule has 8 heteroatoms. The molecular weight excluding hydrogens is 188 g/mol. The summed E-state index contributed by atoms with van der Waals surface area (Å²) in [7, 11) is -2.20. The second-order valence-corrected chi connectivity index (χ2v) is 2.47. The van der Waals surface area contributed by atoms with Crippen molar-refractivity contribution < 1.29 is 23.2 Å². The van der Waals surface area contributed by atoms with Gasteiger partial charge in [0.2, 0.25) is 0 Å². The van der Waals surface area contributed by atoms with Crippen LogP contribution in [0.5, 0.6) is 0 Å². The van der Waals surface area contributed by atoms with Crippen LogP contribution in [0.15, 0.2) is 0 Å². The molecule has 0 atom stereocenters. The van der Waals surface area contributed by atoms with E-state index in [0.29, 0.717) is 0 Å². The largest absolute Gasteiger partial charge is 0.508 e. The Kier molecular flexibility index (Phi) is 2.35. The number of alkyl halides is 3. The van der Waals surface area contributed by atoms with Gasteiger partial charge in [0.1, 0.15) is 0 Å². The fourth-order valence-electron chi connectivity index (χ4n) is 0.995. The first-order valence-electron chi connectivity index (χ1n) is 3.32. The minimum atomic E-state index is -4.63. The highest BCUT2D eigenvalue weighted by Gasteiger charge is 2.40. The van der Waals surface area contributed by atoms with Gasteiger partial charge in [-0.05, 0) is 6.92 Å². The maximum Gasteiger partial charge on any atom is 0.508 e. The van der Waals surface area contributed by atoms with E-state index >= 15 is 0 Å². The standard InChI is InChI=1S/C5H6BF3N2O2/c1-2-3(5(7,8)9)4(6(12)13)11-10-2/h12-13H,1H3,(H,10,11). The number of nitrogens with zero attached hydrogens (tertiary/aromatic N) is 1. The summed E-state index contributed by atoms with van der Waals surface area (Å²) in [4.78, 5) is 0. The fraction of sp³-hybridized carbons (Fsp3) is 0.400. The number of hydrogen-bond acceptors (Lipinski definition) is 3. The Bertz CT molecular complexity index is 309. The first-order valence-corrected chi connectivity index (χ1v) is 3.32. The first-order chi connectivity index (χ1) is 5.84. The van der Waals surface area contributed by atoms with E-state index in [-0.39, 0.29) is 5.69 Å². The topological polar surface area (TPSA) is 69.1 Å². The molecule has 0 aliphatic carbocycles. The Morgan fingerprint density at radius 2 is 1.92 bits per heavy atom. The van der Waals surface area contributed by atoms with Crippen LogP contribution >= 0.6 is 0 Å². The van der Waals surface area contributed by atoms with Crippen molar-refractivity contribution >= 4 is 12.7 Å². The zero-order valence-corrected chi connectivity index (χ0v) is 6.55. The van der Waals surface area contributed by atoms with E-state index in [9.17, 15) is 13.2 Å². The summed E-state index contributed by atoms with van der Waals surface area (Å²) in [6.45, 7) is 1.13. The molecular formula is C5H6BF3N2O2. The molecule has 0 aliphatic rings. The summed E-state index contributed by atoms with van der Waals surface area (Å²) >= 11 is 0. The van der Waals surface area contributed by atoms with Crippen LogP contribution < -0.4 is 5.59 Å². The average Bonchev–Trinajstić information content (AvgIpc) is 2.28. The predicted molar refractivity (Wildman–Crippen MR) is 38.2 cm³/mol. The first kappa shape index (κ1) is 10.1. The fourth-order valence-corrected chi connectivity index (χ4v) is 0.995. The van der Waals surface area contributed by atoms with Crippen LogP contribution in [0.25, 0.3) is 0 Å². The molecule has 0 fully saturated rings. The molecule has 1 rings (SSSR count). The normalized spacial score (nSPS) is 11.8. The second kappa shape index (κ2) is 3.04. The minimum absolute atomic E-state index is 0.310. The van der Waals surface area contributed by atoms with Gasteiger partial charge in [0.25, 0.3) is 0 Å². The third-order valence-electron chi connectivity index (χ3n) is 1.52.